The van der Waals surface area contributed by atoms with E-state index in [4.69, 9.17) is 5.73 Å². The Morgan fingerprint density at radius 2 is 2.47 bits per heavy atom. The first kappa shape index (κ1) is 12.0. The normalized spacial score (nSPS) is 19.6. The second-order valence-electron chi connectivity index (χ2n) is 4.22. The molecule has 2 heterocycles. The zero-order valence-corrected chi connectivity index (χ0v) is 9.67. The van der Waals surface area contributed by atoms with Crippen LogP contribution in [0, 0.1) is 0 Å². The standard InChI is InChI=1S/C12H17N3O2/c13-7-10-6-9(3-4-14-10)12(17)15-5-1-2-11(15)8-16/h3-4,6,11,16H,1-2,5,7-8,13H2/t11-/m1/s1. The maximum Gasteiger partial charge on any atom is 0.254 e. The van der Waals surface area contributed by atoms with Crippen molar-refractivity contribution in [3.63, 3.8) is 0 Å². The number of rotatable bonds is 3. The van der Waals surface area contributed by atoms with Crippen molar-refractivity contribution in [2.45, 2.75) is 25.4 Å². The number of aromatic nitrogens is 1. The molecule has 2 rings (SSSR count). The fraction of sp³-hybridized carbons (Fsp3) is 0.500. The number of likely N-dealkylation sites (tertiary alicyclic amines) is 1. The van der Waals surface area contributed by atoms with E-state index in [1.807, 2.05) is 0 Å². The SMILES string of the molecule is NCc1cc(C(=O)N2CCC[C@@H]2CO)ccn1. The lowest BCUT2D eigenvalue weighted by Crippen LogP contribution is -2.37. The fourth-order valence-corrected chi connectivity index (χ4v) is 2.18. The van der Waals surface area contributed by atoms with E-state index in [0.717, 1.165) is 12.8 Å². The average Bonchev–Trinajstić information content (AvgIpc) is 2.86. The highest BCUT2D eigenvalue weighted by Gasteiger charge is 2.28. The Balaban J connectivity index is 2.18. The van der Waals surface area contributed by atoms with Gasteiger partial charge in [-0.05, 0) is 25.0 Å². The number of aliphatic hydroxyl groups is 1. The highest BCUT2D eigenvalue weighted by Crippen LogP contribution is 2.19. The molecule has 0 aromatic carbocycles. The van der Waals surface area contributed by atoms with Crippen molar-refractivity contribution in [3.8, 4) is 0 Å². The van der Waals surface area contributed by atoms with Gasteiger partial charge < -0.3 is 15.7 Å². The van der Waals surface area contributed by atoms with Crippen LogP contribution in [0.1, 0.15) is 28.9 Å². The molecule has 0 saturated carbocycles. The van der Waals surface area contributed by atoms with E-state index in [1.165, 1.54) is 0 Å². The zero-order valence-electron chi connectivity index (χ0n) is 9.67. The van der Waals surface area contributed by atoms with Gasteiger partial charge in [-0.15, -0.1) is 0 Å². The number of nitrogens with zero attached hydrogens (tertiary/aromatic N) is 2. The van der Waals surface area contributed by atoms with E-state index in [2.05, 4.69) is 4.98 Å². The molecule has 1 aliphatic rings. The fourth-order valence-electron chi connectivity index (χ4n) is 2.18. The summed E-state index contributed by atoms with van der Waals surface area (Å²) in [6.45, 7) is 1.06. The van der Waals surface area contributed by atoms with E-state index in [1.54, 1.807) is 23.2 Å². The molecule has 1 atom stereocenters. The Bertz CT molecular complexity index is 408. The Kier molecular flexibility index (Phi) is 3.71. The molecule has 92 valence electrons. The second-order valence-corrected chi connectivity index (χ2v) is 4.22. The molecule has 5 heteroatoms. The number of aliphatic hydroxyl groups excluding tert-OH is 1. The Hall–Kier alpha value is -1.46. The van der Waals surface area contributed by atoms with Crippen LogP contribution in [-0.4, -0.2) is 40.1 Å². The van der Waals surface area contributed by atoms with Crippen molar-refractivity contribution < 1.29 is 9.90 Å². The van der Waals surface area contributed by atoms with Crippen LogP contribution in [0.2, 0.25) is 0 Å². The summed E-state index contributed by atoms with van der Waals surface area (Å²) in [5.74, 6) is -0.0429. The van der Waals surface area contributed by atoms with E-state index in [0.29, 0.717) is 24.3 Å². The molecule has 0 aliphatic carbocycles. The third-order valence-corrected chi connectivity index (χ3v) is 3.12. The number of nitrogens with two attached hydrogens (primary N) is 1. The van der Waals surface area contributed by atoms with Gasteiger partial charge in [-0.3, -0.25) is 9.78 Å². The van der Waals surface area contributed by atoms with E-state index < -0.39 is 0 Å². The molecule has 5 nitrogen and oxygen atoms in total. The van der Waals surface area contributed by atoms with Gasteiger partial charge in [0.15, 0.2) is 0 Å². The lowest BCUT2D eigenvalue weighted by Gasteiger charge is -2.23. The van der Waals surface area contributed by atoms with Crippen LogP contribution in [0.4, 0.5) is 0 Å². The molecular weight excluding hydrogens is 218 g/mol. The quantitative estimate of drug-likeness (QED) is 0.781. The van der Waals surface area contributed by atoms with Gasteiger partial charge in [0.25, 0.3) is 5.91 Å². The van der Waals surface area contributed by atoms with E-state index >= 15 is 0 Å². The van der Waals surface area contributed by atoms with Gasteiger partial charge >= 0.3 is 0 Å². The van der Waals surface area contributed by atoms with Crippen LogP contribution in [-0.2, 0) is 6.54 Å². The molecule has 17 heavy (non-hydrogen) atoms. The molecule has 1 amide bonds. The number of amides is 1. The largest absolute Gasteiger partial charge is 0.394 e. The molecule has 0 spiro atoms. The summed E-state index contributed by atoms with van der Waals surface area (Å²) in [7, 11) is 0. The summed E-state index contributed by atoms with van der Waals surface area (Å²) < 4.78 is 0. The molecule has 1 aromatic heterocycles. The molecule has 1 aliphatic heterocycles. The third kappa shape index (κ3) is 2.45. The zero-order chi connectivity index (χ0) is 12.3. The van der Waals surface area contributed by atoms with Crippen molar-refractivity contribution in [2.24, 2.45) is 5.73 Å². The van der Waals surface area contributed by atoms with Crippen molar-refractivity contribution in [1.29, 1.82) is 0 Å². The molecule has 1 fully saturated rings. The predicted octanol–water partition coefficient (Wildman–Crippen LogP) is 0.137. The van der Waals surface area contributed by atoms with Crippen molar-refractivity contribution >= 4 is 5.91 Å². The minimum atomic E-state index is -0.0445. The summed E-state index contributed by atoms with van der Waals surface area (Å²) >= 11 is 0. The molecule has 3 N–H and O–H groups in total. The number of carbonyl (C=O) groups excluding carboxylic acids is 1. The third-order valence-electron chi connectivity index (χ3n) is 3.12. The van der Waals surface area contributed by atoms with Crippen LogP contribution in [0.3, 0.4) is 0 Å². The minimum Gasteiger partial charge on any atom is -0.394 e. The monoisotopic (exact) mass is 235 g/mol. The van der Waals surface area contributed by atoms with Crippen molar-refractivity contribution in [1.82, 2.24) is 9.88 Å². The van der Waals surface area contributed by atoms with E-state index in [9.17, 15) is 9.90 Å². The Morgan fingerprint density at radius 3 is 3.18 bits per heavy atom. The topological polar surface area (TPSA) is 79.5 Å². The van der Waals surface area contributed by atoms with Crippen LogP contribution >= 0.6 is 0 Å². The average molecular weight is 235 g/mol. The van der Waals surface area contributed by atoms with Gasteiger partial charge in [-0.1, -0.05) is 0 Å². The Morgan fingerprint density at radius 1 is 1.65 bits per heavy atom. The second kappa shape index (κ2) is 5.25. The van der Waals surface area contributed by atoms with Gasteiger partial charge in [-0.2, -0.15) is 0 Å². The first-order valence-electron chi connectivity index (χ1n) is 5.83. The highest BCUT2D eigenvalue weighted by atomic mass is 16.3. The number of carbonyl (C=O) groups is 1. The van der Waals surface area contributed by atoms with Gasteiger partial charge in [0, 0.05) is 24.8 Å². The van der Waals surface area contributed by atoms with Crippen molar-refractivity contribution in [2.75, 3.05) is 13.2 Å². The summed E-state index contributed by atoms with van der Waals surface area (Å²) in [5.41, 5.74) is 6.80. The maximum absolute atomic E-state index is 12.2. The number of hydrogen-bond acceptors (Lipinski definition) is 4. The van der Waals surface area contributed by atoms with Crippen molar-refractivity contribution in [3.05, 3.63) is 29.6 Å². The molecule has 0 unspecified atom stereocenters. The first-order chi connectivity index (χ1) is 8.26. The van der Waals surface area contributed by atoms with Gasteiger partial charge in [0.2, 0.25) is 0 Å². The van der Waals surface area contributed by atoms with Gasteiger partial charge in [0.1, 0.15) is 0 Å². The highest BCUT2D eigenvalue weighted by molar-refractivity contribution is 5.94. The number of pyridine rings is 1. The summed E-state index contributed by atoms with van der Waals surface area (Å²) in [6, 6.07) is 3.36. The summed E-state index contributed by atoms with van der Waals surface area (Å²) in [5, 5.41) is 9.21. The molecular formula is C12H17N3O2. The summed E-state index contributed by atoms with van der Waals surface area (Å²) in [4.78, 5) is 18.0. The summed E-state index contributed by atoms with van der Waals surface area (Å²) in [6.07, 6.45) is 3.42. The number of hydrogen-bond donors (Lipinski definition) is 2. The van der Waals surface area contributed by atoms with Crippen LogP contribution in [0.25, 0.3) is 0 Å². The van der Waals surface area contributed by atoms with Gasteiger partial charge in [-0.25, -0.2) is 0 Å². The van der Waals surface area contributed by atoms with Gasteiger partial charge in [0.05, 0.1) is 18.3 Å². The Labute approximate surface area is 100 Å². The lowest BCUT2D eigenvalue weighted by atomic mass is 10.2. The maximum atomic E-state index is 12.2. The van der Waals surface area contributed by atoms with Crippen LogP contribution < -0.4 is 5.73 Å². The minimum absolute atomic E-state index is 0.0283. The predicted molar refractivity (Wildman–Crippen MR) is 63.3 cm³/mol. The molecule has 1 aromatic rings. The van der Waals surface area contributed by atoms with Crippen LogP contribution in [0.5, 0.6) is 0 Å². The smallest absolute Gasteiger partial charge is 0.254 e. The molecule has 0 radical (unpaired) electrons. The van der Waals surface area contributed by atoms with Crippen LogP contribution in [0.15, 0.2) is 18.3 Å². The van der Waals surface area contributed by atoms with E-state index in [-0.39, 0.29) is 18.6 Å². The lowest BCUT2D eigenvalue weighted by molar-refractivity contribution is 0.0677. The molecule has 1 saturated heterocycles. The molecule has 0 bridgehead atoms. The first-order valence-corrected chi connectivity index (χ1v) is 5.83.